The van der Waals surface area contributed by atoms with Crippen LogP contribution in [0.25, 0.3) is 0 Å². The van der Waals surface area contributed by atoms with Gasteiger partial charge >= 0.3 is 0 Å². The van der Waals surface area contributed by atoms with Gasteiger partial charge in [0.2, 0.25) is 5.91 Å². The Morgan fingerprint density at radius 3 is 2.46 bits per heavy atom. The molecule has 1 N–H and O–H groups in total. The zero-order chi connectivity index (χ0) is 17.9. The molecular weight excluding hydrogens is 304 g/mol. The van der Waals surface area contributed by atoms with Gasteiger partial charge in [0.15, 0.2) is 0 Å². The van der Waals surface area contributed by atoms with E-state index in [0.29, 0.717) is 11.3 Å². The van der Waals surface area contributed by atoms with E-state index in [0.717, 1.165) is 11.3 Å². The third-order valence-corrected chi connectivity index (χ3v) is 4.11. The van der Waals surface area contributed by atoms with Crippen LogP contribution in [0.5, 0.6) is 0 Å². The first-order valence-electron chi connectivity index (χ1n) is 7.64. The topological polar surface area (TPSA) is 67.2 Å². The third kappa shape index (κ3) is 3.53. The maximum atomic E-state index is 12.4. The van der Waals surface area contributed by atoms with Crippen LogP contribution in [0, 0.1) is 6.92 Å². The molecule has 6 nitrogen and oxygen atoms in total. The van der Waals surface area contributed by atoms with E-state index in [-0.39, 0.29) is 17.9 Å². The predicted molar refractivity (Wildman–Crippen MR) is 93.9 cm³/mol. The Morgan fingerprint density at radius 2 is 1.96 bits per heavy atom. The highest BCUT2D eigenvalue weighted by Gasteiger charge is 2.16. The molecule has 1 aromatic heterocycles. The molecule has 0 saturated carbocycles. The molecule has 0 aliphatic carbocycles. The first-order valence-corrected chi connectivity index (χ1v) is 7.64. The summed E-state index contributed by atoms with van der Waals surface area (Å²) in [6, 6.07) is 6.71. The van der Waals surface area contributed by atoms with E-state index in [4.69, 9.17) is 0 Å². The SMILES string of the molecule is C=CC(=O)N(C)c1ccc(C(=O)NC(C)c2cnn(C)c2C)cc1. The fourth-order valence-electron chi connectivity index (χ4n) is 2.40. The minimum Gasteiger partial charge on any atom is -0.345 e. The Balaban J connectivity index is 2.09. The number of amides is 2. The van der Waals surface area contributed by atoms with Crippen LogP contribution >= 0.6 is 0 Å². The summed E-state index contributed by atoms with van der Waals surface area (Å²) in [4.78, 5) is 25.4. The number of carbonyl (C=O) groups is 2. The van der Waals surface area contributed by atoms with Crippen molar-refractivity contribution in [1.82, 2.24) is 15.1 Å². The molecule has 0 aliphatic rings. The summed E-state index contributed by atoms with van der Waals surface area (Å²) in [5, 5.41) is 7.15. The second-order valence-corrected chi connectivity index (χ2v) is 5.65. The smallest absolute Gasteiger partial charge is 0.251 e. The minimum absolute atomic E-state index is 0.143. The van der Waals surface area contributed by atoms with Gasteiger partial charge in [0.05, 0.1) is 12.2 Å². The number of carbonyl (C=O) groups excluding carboxylic acids is 2. The van der Waals surface area contributed by atoms with Crippen molar-refractivity contribution in [2.24, 2.45) is 7.05 Å². The van der Waals surface area contributed by atoms with Gasteiger partial charge in [-0.05, 0) is 44.2 Å². The predicted octanol–water partition coefficient (Wildman–Crippen LogP) is 2.37. The summed E-state index contributed by atoms with van der Waals surface area (Å²) in [6.45, 7) is 7.35. The van der Waals surface area contributed by atoms with E-state index in [1.807, 2.05) is 20.9 Å². The summed E-state index contributed by atoms with van der Waals surface area (Å²) in [6.07, 6.45) is 3.01. The van der Waals surface area contributed by atoms with Gasteiger partial charge in [-0.3, -0.25) is 14.3 Å². The molecule has 0 aliphatic heterocycles. The summed E-state index contributed by atoms with van der Waals surface area (Å²) in [7, 11) is 3.53. The molecule has 1 unspecified atom stereocenters. The zero-order valence-electron chi connectivity index (χ0n) is 14.4. The number of nitrogens with zero attached hydrogens (tertiary/aromatic N) is 3. The molecule has 0 spiro atoms. The van der Waals surface area contributed by atoms with Gasteiger partial charge in [0.25, 0.3) is 5.91 Å². The average Bonchev–Trinajstić information content (AvgIpc) is 2.92. The quantitative estimate of drug-likeness (QED) is 0.858. The summed E-state index contributed by atoms with van der Waals surface area (Å²) < 4.78 is 1.78. The molecule has 126 valence electrons. The van der Waals surface area contributed by atoms with E-state index in [9.17, 15) is 9.59 Å². The van der Waals surface area contributed by atoms with E-state index in [1.54, 1.807) is 42.2 Å². The number of benzene rings is 1. The number of anilines is 1. The van der Waals surface area contributed by atoms with E-state index in [2.05, 4.69) is 17.0 Å². The van der Waals surface area contributed by atoms with Crippen LogP contribution in [0.3, 0.4) is 0 Å². The Kier molecular flexibility index (Phi) is 5.18. The maximum absolute atomic E-state index is 12.4. The van der Waals surface area contributed by atoms with Crippen LogP contribution in [0.1, 0.15) is 34.6 Å². The molecule has 2 rings (SSSR count). The van der Waals surface area contributed by atoms with E-state index >= 15 is 0 Å². The first-order chi connectivity index (χ1) is 11.3. The van der Waals surface area contributed by atoms with Crippen molar-refractivity contribution in [1.29, 1.82) is 0 Å². The number of hydrogen-bond acceptors (Lipinski definition) is 3. The molecule has 2 amide bonds. The second-order valence-electron chi connectivity index (χ2n) is 5.65. The standard InChI is InChI=1S/C18H22N4O2/c1-6-17(23)21(4)15-9-7-14(8-10-15)18(24)20-12(2)16-11-19-22(5)13(16)3/h6-12H,1H2,2-5H3,(H,20,24). The lowest BCUT2D eigenvalue weighted by molar-refractivity contribution is -0.113. The fourth-order valence-corrected chi connectivity index (χ4v) is 2.40. The first kappa shape index (κ1) is 17.5. The molecule has 2 aromatic rings. The molecule has 0 saturated heterocycles. The van der Waals surface area contributed by atoms with Gasteiger partial charge in [-0.1, -0.05) is 6.58 Å². The minimum atomic E-state index is -0.201. The van der Waals surface area contributed by atoms with Crippen molar-refractivity contribution in [3.63, 3.8) is 0 Å². The van der Waals surface area contributed by atoms with Gasteiger partial charge in [-0.15, -0.1) is 0 Å². The Hall–Kier alpha value is -2.89. The largest absolute Gasteiger partial charge is 0.345 e. The molecule has 0 fully saturated rings. The third-order valence-electron chi connectivity index (χ3n) is 4.11. The van der Waals surface area contributed by atoms with Gasteiger partial charge in [0.1, 0.15) is 0 Å². The van der Waals surface area contributed by atoms with Gasteiger partial charge in [0, 0.05) is 36.6 Å². The molecule has 6 heteroatoms. The Bertz CT molecular complexity index is 762. The number of rotatable bonds is 5. The molecule has 1 heterocycles. The van der Waals surface area contributed by atoms with Crippen LogP contribution < -0.4 is 10.2 Å². The van der Waals surface area contributed by atoms with Crippen molar-refractivity contribution in [3.8, 4) is 0 Å². The average molecular weight is 326 g/mol. The Morgan fingerprint density at radius 1 is 1.33 bits per heavy atom. The monoisotopic (exact) mass is 326 g/mol. The van der Waals surface area contributed by atoms with E-state index in [1.165, 1.54) is 11.0 Å². The highest BCUT2D eigenvalue weighted by Crippen LogP contribution is 2.18. The molecular formula is C18H22N4O2. The van der Waals surface area contributed by atoms with Crippen LogP contribution in [0.2, 0.25) is 0 Å². The summed E-state index contributed by atoms with van der Waals surface area (Å²) in [5.74, 6) is -0.372. The molecule has 1 aromatic carbocycles. The van der Waals surface area contributed by atoms with E-state index < -0.39 is 0 Å². The van der Waals surface area contributed by atoms with Crippen LogP contribution in [0.15, 0.2) is 43.1 Å². The van der Waals surface area contributed by atoms with Gasteiger partial charge < -0.3 is 10.2 Å². The molecule has 1 atom stereocenters. The van der Waals surface area contributed by atoms with Crippen LogP contribution in [0.4, 0.5) is 5.69 Å². The lowest BCUT2D eigenvalue weighted by Gasteiger charge is -2.16. The van der Waals surface area contributed by atoms with Crippen molar-refractivity contribution in [2.75, 3.05) is 11.9 Å². The highest BCUT2D eigenvalue weighted by atomic mass is 16.2. The van der Waals surface area contributed by atoms with Crippen LogP contribution in [-0.4, -0.2) is 28.6 Å². The second kappa shape index (κ2) is 7.12. The number of aromatic nitrogens is 2. The van der Waals surface area contributed by atoms with Gasteiger partial charge in [-0.2, -0.15) is 5.10 Å². The normalized spacial score (nSPS) is 11.7. The number of nitrogens with one attached hydrogen (secondary N) is 1. The van der Waals surface area contributed by atoms with Crippen molar-refractivity contribution < 1.29 is 9.59 Å². The summed E-state index contributed by atoms with van der Waals surface area (Å²) >= 11 is 0. The highest BCUT2D eigenvalue weighted by molar-refractivity contribution is 6.01. The lowest BCUT2D eigenvalue weighted by atomic mass is 10.1. The fraction of sp³-hybridized carbons (Fsp3) is 0.278. The Labute approximate surface area is 141 Å². The van der Waals surface area contributed by atoms with Crippen molar-refractivity contribution in [2.45, 2.75) is 19.9 Å². The van der Waals surface area contributed by atoms with Crippen molar-refractivity contribution in [3.05, 3.63) is 59.9 Å². The maximum Gasteiger partial charge on any atom is 0.251 e. The van der Waals surface area contributed by atoms with Gasteiger partial charge in [-0.25, -0.2) is 0 Å². The number of aryl methyl sites for hydroxylation is 1. The molecule has 0 bridgehead atoms. The molecule has 24 heavy (non-hydrogen) atoms. The van der Waals surface area contributed by atoms with Crippen LogP contribution in [-0.2, 0) is 11.8 Å². The number of likely N-dealkylation sites (N-methyl/N-ethyl adjacent to an activating group) is 1. The molecule has 0 radical (unpaired) electrons. The number of hydrogen-bond donors (Lipinski definition) is 1. The van der Waals surface area contributed by atoms with Crippen molar-refractivity contribution >= 4 is 17.5 Å². The zero-order valence-corrected chi connectivity index (χ0v) is 14.4. The lowest BCUT2D eigenvalue weighted by Crippen LogP contribution is -2.27. The summed E-state index contributed by atoms with van der Waals surface area (Å²) in [5.41, 5.74) is 3.24.